The Hall–Kier alpha value is -3.31. The summed E-state index contributed by atoms with van der Waals surface area (Å²) in [6, 6.07) is 9.63. The average Bonchev–Trinajstić information content (AvgIpc) is 3.26. The molecule has 3 aromatic rings. The van der Waals surface area contributed by atoms with E-state index < -0.39 is 10.0 Å². The minimum Gasteiger partial charge on any atom is -0.496 e. The molecule has 0 aliphatic heterocycles. The van der Waals surface area contributed by atoms with E-state index in [1.165, 1.54) is 15.6 Å². The first kappa shape index (κ1) is 30.2. The summed E-state index contributed by atoms with van der Waals surface area (Å²) < 4.78 is 34.8. The third-order valence-electron chi connectivity index (χ3n) is 6.66. The maximum absolute atomic E-state index is 13.0. The fraction of sp³-hybridized carbons (Fsp3) is 0.429. The van der Waals surface area contributed by atoms with Crippen LogP contribution in [0.15, 0.2) is 40.6 Å². The topological polar surface area (TPSA) is 132 Å². The number of methoxy groups -OCH3 is 1. The van der Waals surface area contributed by atoms with Crippen LogP contribution in [-0.2, 0) is 16.4 Å². The van der Waals surface area contributed by atoms with E-state index in [1.807, 2.05) is 26.0 Å². The Morgan fingerprint density at radius 2 is 1.77 bits per heavy atom. The van der Waals surface area contributed by atoms with Crippen LogP contribution in [0, 0.1) is 26.2 Å². The van der Waals surface area contributed by atoms with Crippen LogP contribution in [0.1, 0.15) is 48.9 Å². The van der Waals surface area contributed by atoms with Crippen LogP contribution in [0.3, 0.4) is 0 Å². The van der Waals surface area contributed by atoms with Crippen LogP contribution < -0.4 is 25.4 Å². The van der Waals surface area contributed by atoms with Crippen molar-refractivity contribution in [1.82, 2.24) is 20.7 Å². The summed E-state index contributed by atoms with van der Waals surface area (Å²) in [4.78, 5) is 12.6. The molecule has 1 aromatic heterocycles. The van der Waals surface area contributed by atoms with Gasteiger partial charge in [0, 0.05) is 23.3 Å². The second-order valence-corrected chi connectivity index (χ2v) is 12.4. The van der Waals surface area contributed by atoms with Gasteiger partial charge < -0.3 is 20.7 Å². The summed E-state index contributed by atoms with van der Waals surface area (Å²) >= 11 is 1.71. The van der Waals surface area contributed by atoms with Crippen molar-refractivity contribution in [3.63, 3.8) is 0 Å². The normalized spacial score (nSPS) is 13.0. The number of guanidine groups is 1. The smallest absolute Gasteiger partial charge is 0.315 e. The minimum absolute atomic E-state index is 0.0212. The molecule has 2 amide bonds. The van der Waals surface area contributed by atoms with Gasteiger partial charge in [-0.15, -0.1) is 11.3 Å². The largest absolute Gasteiger partial charge is 0.496 e. The number of carbonyl (C=O) groups excluding carboxylic acids is 1. The lowest BCUT2D eigenvalue weighted by Crippen LogP contribution is -2.45. The van der Waals surface area contributed by atoms with Crippen molar-refractivity contribution in [3.05, 3.63) is 58.0 Å². The van der Waals surface area contributed by atoms with Crippen LogP contribution in [-0.4, -0.2) is 46.1 Å². The Bertz CT molecular complexity index is 1440. The molecule has 39 heavy (non-hydrogen) atoms. The van der Waals surface area contributed by atoms with E-state index in [0.717, 1.165) is 12.0 Å². The molecule has 0 saturated heterocycles. The predicted molar refractivity (Wildman–Crippen MR) is 159 cm³/mol. The van der Waals surface area contributed by atoms with E-state index in [1.54, 1.807) is 45.3 Å². The fourth-order valence-corrected chi connectivity index (χ4v) is 7.08. The molecule has 0 aliphatic rings. The Balaban J connectivity index is 1.40. The highest BCUT2D eigenvalue weighted by atomic mass is 32.2. The van der Waals surface area contributed by atoms with Gasteiger partial charge in [0.1, 0.15) is 5.75 Å². The number of hydrogen-bond donors (Lipinski definition) is 5. The summed E-state index contributed by atoms with van der Waals surface area (Å²) in [6.07, 6.45) is 2.06. The number of amides is 2. The summed E-state index contributed by atoms with van der Waals surface area (Å²) in [7, 11) is -2.39. The van der Waals surface area contributed by atoms with Crippen molar-refractivity contribution in [2.75, 3.05) is 13.7 Å². The SMILES string of the molecule is COc1cc(C)c(S(=O)(=O)NC(=N)NCCC[C@@H](C)NC(=O)N[C@H](C)Cc2csc3ccccc23)c(C)c1C. The number of benzene rings is 2. The molecular formula is C28H39N5O4S2. The van der Waals surface area contributed by atoms with E-state index >= 15 is 0 Å². The molecule has 212 valence electrons. The van der Waals surface area contributed by atoms with Gasteiger partial charge in [-0.1, -0.05) is 18.2 Å². The first-order valence-corrected chi connectivity index (χ1v) is 15.3. The average molecular weight is 574 g/mol. The number of sulfonamides is 1. The van der Waals surface area contributed by atoms with Gasteiger partial charge in [0.05, 0.1) is 12.0 Å². The Morgan fingerprint density at radius 1 is 1.08 bits per heavy atom. The second-order valence-electron chi connectivity index (χ2n) is 9.91. The summed E-state index contributed by atoms with van der Waals surface area (Å²) in [5.74, 6) is 0.328. The zero-order chi connectivity index (χ0) is 28.7. The standard InChI is InChI=1S/C28H39N5O4S2/c1-17-14-24(37-6)20(4)21(5)26(17)39(35,36)33-27(29)30-13-9-10-18(2)31-28(34)32-19(3)15-22-16-38-25-12-8-7-11-23(22)25/h7-8,11-12,14,16,18-19H,9-10,13,15H2,1-6H3,(H3,29,30,33)(H2,31,32,34)/t18-,19-/m1/s1. The zero-order valence-corrected chi connectivity index (χ0v) is 25.0. The fourth-order valence-electron chi connectivity index (χ4n) is 4.62. The van der Waals surface area contributed by atoms with E-state index in [-0.39, 0.29) is 29.0 Å². The Kier molecular flexibility index (Phi) is 10.2. The van der Waals surface area contributed by atoms with Gasteiger partial charge in [-0.2, -0.15) is 0 Å². The Morgan fingerprint density at radius 3 is 2.49 bits per heavy atom. The van der Waals surface area contributed by atoms with Crippen LogP contribution in [0.2, 0.25) is 0 Å². The number of ether oxygens (including phenoxy) is 1. The van der Waals surface area contributed by atoms with Crippen molar-refractivity contribution in [3.8, 4) is 5.75 Å². The molecule has 2 aromatic carbocycles. The highest BCUT2D eigenvalue weighted by Gasteiger charge is 2.23. The van der Waals surface area contributed by atoms with Gasteiger partial charge >= 0.3 is 6.03 Å². The minimum atomic E-state index is -3.94. The predicted octanol–water partition coefficient (Wildman–Crippen LogP) is 4.74. The number of aryl methyl sites for hydroxylation is 1. The van der Waals surface area contributed by atoms with Gasteiger partial charge in [-0.25, -0.2) is 17.9 Å². The molecule has 0 fully saturated rings. The van der Waals surface area contributed by atoms with E-state index in [2.05, 4.69) is 38.2 Å². The molecule has 0 radical (unpaired) electrons. The lowest BCUT2D eigenvalue weighted by Gasteiger charge is -2.19. The van der Waals surface area contributed by atoms with Crippen LogP contribution in [0.25, 0.3) is 10.1 Å². The zero-order valence-electron chi connectivity index (χ0n) is 23.4. The van der Waals surface area contributed by atoms with Crippen molar-refractivity contribution >= 4 is 43.4 Å². The molecule has 0 saturated carbocycles. The number of fused-ring (bicyclic) bond motifs is 1. The second kappa shape index (κ2) is 13.2. The van der Waals surface area contributed by atoms with E-state index in [0.29, 0.717) is 36.3 Å². The van der Waals surface area contributed by atoms with Gasteiger partial charge in [0.15, 0.2) is 0 Å². The number of urea groups is 1. The first-order valence-electron chi connectivity index (χ1n) is 12.9. The van der Waals surface area contributed by atoms with Crippen molar-refractivity contribution in [2.45, 2.75) is 70.9 Å². The summed E-state index contributed by atoms with van der Waals surface area (Å²) in [5, 5.41) is 20.2. The molecule has 0 bridgehead atoms. The molecule has 5 N–H and O–H groups in total. The molecule has 0 spiro atoms. The lowest BCUT2D eigenvalue weighted by atomic mass is 10.1. The summed E-state index contributed by atoms with van der Waals surface area (Å²) in [6.45, 7) is 9.53. The number of rotatable bonds is 11. The highest BCUT2D eigenvalue weighted by Crippen LogP contribution is 2.30. The maximum Gasteiger partial charge on any atom is 0.315 e. The monoisotopic (exact) mass is 573 g/mol. The highest BCUT2D eigenvalue weighted by molar-refractivity contribution is 7.90. The van der Waals surface area contributed by atoms with Gasteiger partial charge in [0.2, 0.25) is 5.96 Å². The van der Waals surface area contributed by atoms with Crippen LogP contribution in [0.5, 0.6) is 5.75 Å². The third-order valence-corrected chi connectivity index (χ3v) is 9.31. The molecule has 0 aliphatic carbocycles. The molecule has 9 nitrogen and oxygen atoms in total. The number of nitrogens with one attached hydrogen (secondary N) is 5. The maximum atomic E-state index is 13.0. The van der Waals surface area contributed by atoms with Crippen LogP contribution >= 0.6 is 11.3 Å². The lowest BCUT2D eigenvalue weighted by molar-refractivity contribution is 0.234. The van der Waals surface area contributed by atoms with E-state index in [9.17, 15) is 13.2 Å². The van der Waals surface area contributed by atoms with Crippen molar-refractivity contribution < 1.29 is 17.9 Å². The molecular weight excluding hydrogens is 534 g/mol. The molecule has 2 atom stereocenters. The van der Waals surface area contributed by atoms with Crippen molar-refractivity contribution in [1.29, 1.82) is 5.41 Å². The molecule has 11 heteroatoms. The third kappa shape index (κ3) is 7.86. The quantitative estimate of drug-likeness (QED) is 0.128. The molecule has 1 heterocycles. The van der Waals surface area contributed by atoms with Crippen molar-refractivity contribution in [2.24, 2.45) is 0 Å². The Labute approximate surface area is 235 Å². The van der Waals surface area contributed by atoms with Gasteiger partial charge in [-0.05, 0) is 99.0 Å². The van der Waals surface area contributed by atoms with Crippen LogP contribution in [0.4, 0.5) is 4.79 Å². The first-order chi connectivity index (χ1) is 18.4. The van der Waals surface area contributed by atoms with E-state index in [4.69, 9.17) is 10.1 Å². The molecule has 0 unspecified atom stereocenters. The molecule has 3 rings (SSSR count). The number of thiophene rings is 1. The van der Waals surface area contributed by atoms with Gasteiger partial charge in [-0.3, -0.25) is 5.41 Å². The number of hydrogen-bond acceptors (Lipinski definition) is 6. The van der Waals surface area contributed by atoms with Gasteiger partial charge in [0.25, 0.3) is 10.0 Å². The number of carbonyl (C=O) groups is 1. The summed E-state index contributed by atoms with van der Waals surface area (Å²) in [5.41, 5.74) is 3.10.